The third-order valence-corrected chi connectivity index (χ3v) is 7.49. The van der Waals surface area contributed by atoms with Gasteiger partial charge in [-0.3, -0.25) is 14.5 Å². The monoisotopic (exact) mass is 639 g/mol. The van der Waals surface area contributed by atoms with E-state index in [1.165, 1.54) is 23.1 Å². The van der Waals surface area contributed by atoms with Crippen molar-refractivity contribution in [2.24, 2.45) is 0 Å². The van der Waals surface area contributed by atoms with Crippen molar-refractivity contribution in [3.05, 3.63) is 90.3 Å². The highest BCUT2D eigenvalue weighted by Crippen LogP contribution is 2.32. The summed E-state index contributed by atoms with van der Waals surface area (Å²) in [5.41, 5.74) is 0.612. The Morgan fingerprint density at radius 3 is 2.38 bits per heavy atom. The minimum Gasteiger partial charge on any atom is -0.457 e. The molecule has 45 heavy (non-hydrogen) atoms. The number of aryl methyl sites for hydroxylation is 1. The molecule has 2 aromatic carbocycles. The number of nitrogens with zero attached hydrogens (tertiary/aromatic N) is 3. The van der Waals surface area contributed by atoms with Crippen LogP contribution in [0.1, 0.15) is 46.6 Å². The number of ether oxygens (including phenoxy) is 2. The number of carbonyl (C=O) groups is 3. The number of amides is 3. The SMILES string of the molecule is C=C(/C=C\C(F)=C/C)[C@@H](C(=O)N1CCN(C(=O)OC(C)(C)C)[C@@H](CC)C1)N(C(=O)CCl)c1ccc(Oc2ccccc2)cc1C. The molecule has 0 aromatic heterocycles. The van der Waals surface area contributed by atoms with Crippen LogP contribution in [-0.4, -0.2) is 70.9 Å². The molecule has 0 N–H and O–H groups in total. The van der Waals surface area contributed by atoms with Gasteiger partial charge in [-0.2, -0.15) is 0 Å². The number of benzene rings is 2. The van der Waals surface area contributed by atoms with Gasteiger partial charge in [-0.15, -0.1) is 11.6 Å². The fraction of sp³-hybridized carbons (Fsp3) is 0.400. The van der Waals surface area contributed by atoms with E-state index < -0.39 is 41.3 Å². The van der Waals surface area contributed by atoms with E-state index in [4.69, 9.17) is 21.1 Å². The minimum absolute atomic E-state index is 0.196. The van der Waals surface area contributed by atoms with Crippen molar-refractivity contribution in [3.8, 4) is 11.5 Å². The van der Waals surface area contributed by atoms with Crippen molar-refractivity contribution < 1.29 is 28.2 Å². The lowest BCUT2D eigenvalue weighted by atomic mass is 10.00. The van der Waals surface area contributed by atoms with Crippen LogP contribution >= 0.6 is 11.6 Å². The zero-order valence-electron chi connectivity index (χ0n) is 26.9. The van der Waals surface area contributed by atoms with Gasteiger partial charge in [0.25, 0.3) is 5.91 Å². The van der Waals surface area contributed by atoms with Crippen LogP contribution in [0.3, 0.4) is 0 Å². The van der Waals surface area contributed by atoms with Crippen LogP contribution in [0.25, 0.3) is 0 Å². The molecular weight excluding hydrogens is 597 g/mol. The van der Waals surface area contributed by atoms with Crippen LogP contribution < -0.4 is 9.64 Å². The van der Waals surface area contributed by atoms with Gasteiger partial charge in [0.15, 0.2) is 0 Å². The van der Waals surface area contributed by atoms with Gasteiger partial charge in [0.05, 0.1) is 6.04 Å². The van der Waals surface area contributed by atoms with Crippen molar-refractivity contribution in [1.29, 1.82) is 0 Å². The molecule has 3 rings (SSSR count). The molecule has 8 nitrogen and oxygen atoms in total. The number of piperazine rings is 1. The summed E-state index contributed by atoms with van der Waals surface area (Å²) in [6.45, 7) is 15.4. The first-order valence-electron chi connectivity index (χ1n) is 15.0. The van der Waals surface area contributed by atoms with Gasteiger partial charge in [-0.1, -0.05) is 43.9 Å². The molecule has 10 heteroatoms. The summed E-state index contributed by atoms with van der Waals surface area (Å²) in [7, 11) is 0. The first-order chi connectivity index (χ1) is 21.3. The van der Waals surface area contributed by atoms with E-state index in [-0.39, 0.29) is 31.2 Å². The fourth-order valence-corrected chi connectivity index (χ4v) is 5.14. The summed E-state index contributed by atoms with van der Waals surface area (Å²) < 4.78 is 25.7. The highest BCUT2D eigenvalue weighted by molar-refractivity contribution is 6.30. The number of anilines is 1. The maximum atomic E-state index is 14.4. The Labute approximate surface area is 270 Å². The zero-order valence-corrected chi connectivity index (χ0v) is 27.6. The molecule has 1 heterocycles. The Morgan fingerprint density at radius 2 is 1.80 bits per heavy atom. The van der Waals surface area contributed by atoms with Crippen molar-refractivity contribution in [2.45, 2.75) is 65.6 Å². The van der Waals surface area contributed by atoms with Crippen LogP contribution in [0.4, 0.5) is 14.9 Å². The van der Waals surface area contributed by atoms with Crippen molar-refractivity contribution in [1.82, 2.24) is 9.80 Å². The number of para-hydroxylation sites is 1. The average Bonchev–Trinajstić information content (AvgIpc) is 3.01. The third kappa shape index (κ3) is 9.44. The van der Waals surface area contributed by atoms with Gasteiger partial charge >= 0.3 is 6.09 Å². The van der Waals surface area contributed by atoms with Crippen LogP contribution in [0, 0.1) is 6.92 Å². The van der Waals surface area contributed by atoms with E-state index in [2.05, 4.69) is 6.58 Å². The van der Waals surface area contributed by atoms with Gasteiger partial charge in [-0.25, -0.2) is 9.18 Å². The van der Waals surface area contributed by atoms with Crippen molar-refractivity contribution >= 4 is 35.2 Å². The van der Waals surface area contributed by atoms with Gasteiger partial charge in [-0.05, 0) is 88.6 Å². The summed E-state index contributed by atoms with van der Waals surface area (Å²) in [6.07, 6.45) is 4.00. The predicted octanol–water partition coefficient (Wildman–Crippen LogP) is 7.57. The van der Waals surface area contributed by atoms with E-state index in [1.807, 2.05) is 37.3 Å². The summed E-state index contributed by atoms with van der Waals surface area (Å²) >= 11 is 6.11. The van der Waals surface area contributed by atoms with Crippen LogP contribution in [0.2, 0.25) is 0 Å². The number of rotatable bonds is 10. The maximum absolute atomic E-state index is 14.4. The van der Waals surface area contributed by atoms with E-state index in [0.717, 1.165) is 0 Å². The molecule has 3 amide bonds. The fourth-order valence-electron chi connectivity index (χ4n) is 5.02. The second-order valence-corrected chi connectivity index (χ2v) is 12.0. The largest absolute Gasteiger partial charge is 0.457 e. The molecule has 1 fully saturated rings. The van der Waals surface area contributed by atoms with Crippen molar-refractivity contribution in [3.63, 3.8) is 0 Å². The van der Waals surface area contributed by atoms with Gasteiger partial charge in [0, 0.05) is 25.3 Å². The number of allylic oxidation sites excluding steroid dienone is 3. The predicted molar refractivity (Wildman–Crippen MR) is 176 cm³/mol. The highest BCUT2D eigenvalue weighted by atomic mass is 35.5. The molecule has 1 aliphatic heterocycles. The summed E-state index contributed by atoms with van der Waals surface area (Å²) in [5, 5.41) is 0. The Kier molecular flexibility index (Phi) is 12.4. The zero-order chi connectivity index (χ0) is 33.3. The number of halogens is 2. The molecule has 0 saturated carbocycles. The first-order valence-corrected chi connectivity index (χ1v) is 15.5. The van der Waals surface area contributed by atoms with E-state index >= 15 is 0 Å². The molecule has 0 unspecified atom stereocenters. The number of hydrogen-bond acceptors (Lipinski definition) is 5. The van der Waals surface area contributed by atoms with Gasteiger partial charge < -0.3 is 19.3 Å². The Bertz CT molecular complexity index is 1440. The minimum atomic E-state index is -1.23. The molecule has 242 valence electrons. The number of alkyl halides is 1. The second-order valence-electron chi connectivity index (χ2n) is 11.8. The van der Waals surface area contributed by atoms with Gasteiger partial charge in [0.1, 0.15) is 34.8 Å². The number of carbonyl (C=O) groups excluding carboxylic acids is 3. The molecule has 0 bridgehead atoms. The first kappa shape index (κ1) is 35.4. The Morgan fingerprint density at radius 1 is 1.11 bits per heavy atom. The van der Waals surface area contributed by atoms with E-state index in [9.17, 15) is 18.8 Å². The molecule has 1 aliphatic rings. The highest BCUT2D eigenvalue weighted by Gasteiger charge is 2.40. The van der Waals surface area contributed by atoms with Crippen LogP contribution in [0.5, 0.6) is 11.5 Å². The summed E-state index contributed by atoms with van der Waals surface area (Å²) in [6, 6.07) is 12.9. The molecular formula is C35H43ClFN3O5. The average molecular weight is 640 g/mol. The van der Waals surface area contributed by atoms with E-state index in [1.54, 1.807) is 62.6 Å². The quantitative estimate of drug-likeness (QED) is 0.198. The summed E-state index contributed by atoms with van der Waals surface area (Å²) in [5.74, 6) is -0.692. The lowest BCUT2D eigenvalue weighted by molar-refractivity contribution is -0.136. The molecule has 2 aromatic rings. The summed E-state index contributed by atoms with van der Waals surface area (Å²) in [4.78, 5) is 45.4. The standard InChI is InChI=1S/C35H43ClFN3O5/c1-8-26(37)16-15-24(3)32(33(42)38-19-20-39(27(9-2)23-38)34(43)45-35(5,6)7)40(31(41)22-36)30-18-17-29(21-25(30)4)44-28-13-11-10-12-14-28/h8,10-18,21,27,32H,3,9,19-20,22-23H2,1-2,4-7H3/b16-15-,26-8+/t27-,32-/m0/s1. The third-order valence-electron chi connectivity index (χ3n) is 7.26. The molecule has 0 spiro atoms. The van der Waals surface area contributed by atoms with Crippen LogP contribution in [0.15, 0.2) is 84.7 Å². The Balaban J connectivity index is 2.01. The second kappa shape index (κ2) is 15.8. The van der Waals surface area contributed by atoms with Crippen molar-refractivity contribution in [2.75, 3.05) is 30.4 Å². The maximum Gasteiger partial charge on any atom is 0.410 e. The molecule has 0 aliphatic carbocycles. The molecule has 0 radical (unpaired) electrons. The van der Waals surface area contributed by atoms with Crippen LogP contribution in [-0.2, 0) is 14.3 Å². The lowest BCUT2D eigenvalue weighted by Gasteiger charge is -2.43. The Hall–Kier alpha value is -4.11. The molecule has 2 atom stereocenters. The van der Waals surface area contributed by atoms with Gasteiger partial charge in [0.2, 0.25) is 5.91 Å². The smallest absolute Gasteiger partial charge is 0.410 e. The number of hydrogen-bond donors (Lipinski definition) is 0. The lowest BCUT2D eigenvalue weighted by Crippen LogP contribution is -2.61. The molecule has 1 saturated heterocycles. The van der Waals surface area contributed by atoms with E-state index in [0.29, 0.717) is 29.2 Å². The normalized spacial score (nSPS) is 16.4. The topological polar surface area (TPSA) is 79.4 Å².